The number of pyridine rings is 1. The quantitative estimate of drug-likeness (QED) is 0.144. The van der Waals surface area contributed by atoms with Gasteiger partial charge in [0.25, 0.3) is 5.56 Å². The van der Waals surface area contributed by atoms with E-state index in [4.69, 9.17) is 9.72 Å². The summed E-state index contributed by atoms with van der Waals surface area (Å²) in [6.45, 7) is 2.51. The smallest absolute Gasteiger partial charge is 0.416 e. The molecule has 6 aromatic rings. The van der Waals surface area contributed by atoms with Crippen LogP contribution in [0.5, 0.6) is 5.75 Å². The number of imidazole rings is 1. The summed E-state index contributed by atoms with van der Waals surface area (Å²) >= 11 is 0. The van der Waals surface area contributed by atoms with Crippen molar-refractivity contribution in [1.29, 1.82) is 0 Å². The Balaban J connectivity index is 1.60. The van der Waals surface area contributed by atoms with Crippen molar-refractivity contribution in [3.05, 3.63) is 142 Å². The molecule has 3 heterocycles. The van der Waals surface area contributed by atoms with Crippen LogP contribution in [0.25, 0.3) is 28.2 Å². The zero-order valence-corrected chi connectivity index (χ0v) is 26.6. The van der Waals surface area contributed by atoms with E-state index < -0.39 is 23.1 Å². The lowest BCUT2D eigenvalue weighted by molar-refractivity contribution is -0.137. The molecule has 48 heavy (non-hydrogen) atoms. The number of ether oxygens (including phenoxy) is 1. The van der Waals surface area contributed by atoms with Gasteiger partial charge in [-0.1, -0.05) is 36.4 Å². The molecule has 6 rings (SSSR count). The molecular formula is C37H33F4N5O2. The maximum Gasteiger partial charge on any atom is 0.416 e. The zero-order valence-electron chi connectivity index (χ0n) is 26.6. The Morgan fingerprint density at radius 3 is 2.35 bits per heavy atom. The number of alkyl halides is 3. The van der Waals surface area contributed by atoms with Gasteiger partial charge in [0, 0.05) is 48.2 Å². The molecule has 0 saturated carbocycles. The highest BCUT2D eigenvalue weighted by molar-refractivity contribution is 5.71. The predicted octanol–water partition coefficient (Wildman–Crippen LogP) is 7.42. The maximum atomic E-state index is 15.1. The Morgan fingerprint density at radius 1 is 0.917 bits per heavy atom. The molecule has 0 N–H and O–H groups in total. The van der Waals surface area contributed by atoms with E-state index in [0.29, 0.717) is 46.9 Å². The van der Waals surface area contributed by atoms with Crippen LogP contribution in [-0.4, -0.2) is 44.5 Å². The van der Waals surface area contributed by atoms with E-state index in [1.165, 1.54) is 22.6 Å². The lowest BCUT2D eigenvalue weighted by Crippen LogP contribution is -2.28. The van der Waals surface area contributed by atoms with Gasteiger partial charge in [0.1, 0.15) is 11.6 Å². The molecule has 0 atom stereocenters. The highest BCUT2D eigenvalue weighted by Crippen LogP contribution is 2.34. The summed E-state index contributed by atoms with van der Waals surface area (Å²) in [5.41, 5.74) is 2.15. The Hall–Kier alpha value is -5.29. The first-order valence-electron chi connectivity index (χ1n) is 15.3. The van der Waals surface area contributed by atoms with Crippen LogP contribution >= 0.6 is 0 Å². The standard InChI is InChI=1S/C37H33F4N5O2/c1-24-33(26-10-8-11-28(21-26)37(39,40)41)35(47)46-32(23-44(2)20-18-29-12-6-7-19-42-29)34(25-14-16-30(48-3)17-15-25)43-36(46)45(24)22-27-9-4-5-13-31(27)38/h4-17,19,21H,18,20,22-23H2,1-3H3. The summed E-state index contributed by atoms with van der Waals surface area (Å²) in [5.74, 6) is 0.430. The Bertz CT molecular complexity index is 2120. The van der Waals surface area contributed by atoms with E-state index in [1.54, 1.807) is 55.1 Å². The van der Waals surface area contributed by atoms with Gasteiger partial charge in [-0.15, -0.1) is 0 Å². The molecule has 0 bridgehead atoms. The largest absolute Gasteiger partial charge is 0.497 e. The van der Waals surface area contributed by atoms with Crippen LogP contribution in [0.1, 0.15) is 28.2 Å². The lowest BCUT2D eigenvalue weighted by atomic mass is 10.0. The fraction of sp³-hybridized carbons (Fsp3) is 0.216. The molecule has 0 amide bonds. The van der Waals surface area contributed by atoms with Crippen molar-refractivity contribution in [2.24, 2.45) is 0 Å². The fourth-order valence-corrected chi connectivity index (χ4v) is 5.87. The number of methoxy groups -OCH3 is 1. The number of hydrogen-bond acceptors (Lipinski definition) is 5. The van der Waals surface area contributed by atoms with Gasteiger partial charge < -0.3 is 14.2 Å². The number of rotatable bonds is 10. The van der Waals surface area contributed by atoms with E-state index >= 15 is 4.39 Å². The topological polar surface area (TPSA) is 64.7 Å². The average molecular weight is 656 g/mol. The Labute approximate surface area is 274 Å². The second-order valence-corrected chi connectivity index (χ2v) is 11.6. The number of fused-ring (bicyclic) bond motifs is 1. The van der Waals surface area contributed by atoms with Gasteiger partial charge in [0.15, 0.2) is 0 Å². The summed E-state index contributed by atoms with van der Waals surface area (Å²) in [6.07, 6.45) is -2.23. The van der Waals surface area contributed by atoms with Gasteiger partial charge in [-0.25, -0.2) is 13.8 Å². The van der Waals surface area contributed by atoms with Gasteiger partial charge >= 0.3 is 6.18 Å². The lowest BCUT2D eigenvalue weighted by Gasteiger charge is -2.20. The summed E-state index contributed by atoms with van der Waals surface area (Å²) in [6, 6.07) is 23.9. The minimum absolute atomic E-state index is 0.0116. The second-order valence-electron chi connectivity index (χ2n) is 11.6. The van der Waals surface area contributed by atoms with E-state index in [0.717, 1.165) is 17.8 Å². The van der Waals surface area contributed by atoms with E-state index in [2.05, 4.69) is 4.98 Å². The molecule has 0 unspecified atom stereocenters. The normalized spacial score (nSPS) is 11.8. The number of nitrogens with zero attached hydrogens (tertiary/aromatic N) is 5. The van der Waals surface area contributed by atoms with Crippen LogP contribution in [0, 0.1) is 12.7 Å². The molecule has 0 fully saturated rings. The van der Waals surface area contributed by atoms with Gasteiger partial charge in [-0.3, -0.25) is 9.78 Å². The molecule has 246 valence electrons. The van der Waals surface area contributed by atoms with Crippen molar-refractivity contribution < 1.29 is 22.3 Å². The number of halogens is 4. The molecule has 0 spiro atoms. The third-order valence-electron chi connectivity index (χ3n) is 8.40. The highest BCUT2D eigenvalue weighted by atomic mass is 19.4. The van der Waals surface area contributed by atoms with Crippen LogP contribution in [0.15, 0.2) is 102 Å². The Kier molecular flexibility index (Phi) is 9.14. The van der Waals surface area contributed by atoms with Crippen molar-refractivity contribution in [1.82, 2.24) is 23.8 Å². The third-order valence-corrected chi connectivity index (χ3v) is 8.40. The van der Waals surface area contributed by atoms with Gasteiger partial charge in [0.2, 0.25) is 5.78 Å². The number of benzene rings is 3. The average Bonchev–Trinajstić information content (AvgIpc) is 3.45. The molecular weight excluding hydrogens is 622 g/mol. The summed E-state index contributed by atoms with van der Waals surface area (Å²) < 4.78 is 65.1. The summed E-state index contributed by atoms with van der Waals surface area (Å²) in [5, 5.41) is 0. The predicted molar refractivity (Wildman–Crippen MR) is 176 cm³/mol. The molecule has 7 nitrogen and oxygen atoms in total. The maximum absolute atomic E-state index is 15.1. The number of aromatic nitrogens is 4. The summed E-state index contributed by atoms with van der Waals surface area (Å²) in [4.78, 5) is 26.1. The summed E-state index contributed by atoms with van der Waals surface area (Å²) in [7, 11) is 3.48. The highest BCUT2D eigenvalue weighted by Gasteiger charge is 2.31. The first-order chi connectivity index (χ1) is 23.0. The van der Waals surface area contributed by atoms with Crippen molar-refractivity contribution >= 4 is 5.78 Å². The van der Waals surface area contributed by atoms with E-state index in [1.807, 2.05) is 42.3 Å². The second kappa shape index (κ2) is 13.4. The Morgan fingerprint density at radius 2 is 1.67 bits per heavy atom. The number of hydrogen-bond donors (Lipinski definition) is 0. The minimum atomic E-state index is -4.61. The first kappa shape index (κ1) is 32.6. The van der Waals surface area contributed by atoms with E-state index in [-0.39, 0.29) is 30.0 Å². The SMILES string of the molecule is COc1ccc(-c2nc3n(Cc4ccccc4F)c(C)c(-c4cccc(C(F)(F)F)c4)c(=O)n3c2CN(C)CCc2ccccn2)cc1. The molecule has 0 saturated heterocycles. The van der Waals surface area contributed by atoms with Crippen LogP contribution in [0.4, 0.5) is 17.6 Å². The molecule has 3 aromatic heterocycles. The third kappa shape index (κ3) is 6.59. The molecule has 0 aliphatic rings. The van der Waals surface area contributed by atoms with Crippen LogP contribution in [0.2, 0.25) is 0 Å². The van der Waals surface area contributed by atoms with Gasteiger partial charge in [-0.05, 0) is 74.1 Å². The van der Waals surface area contributed by atoms with Crippen LogP contribution in [-0.2, 0) is 25.7 Å². The van der Waals surface area contributed by atoms with Crippen molar-refractivity contribution in [3.63, 3.8) is 0 Å². The molecule has 0 radical (unpaired) electrons. The van der Waals surface area contributed by atoms with E-state index in [9.17, 15) is 18.0 Å². The van der Waals surface area contributed by atoms with Crippen molar-refractivity contribution in [3.8, 4) is 28.1 Å². The van der Waals surface area contributed by atoms with Crippen LogP contribution < -0.4 is 10.3 Å². The van der Waals surface area contributed by atoms with Crippen molar-refractivity contribution in [2.75, 3.05) is 20.7 Å². The molecule has 0 aliphatic carbocycles. The molecule has 0 aliphatic heterocycles. The minimum Gasteiger partial charge on any atom is -0.497 e. The van der Waals surface area contributed by atoms with Crippen molar-refractivity contribution in [2.45, 2.75) is 32.6 Å². The van der Waals surface area contributed by atoms with Crippen LogP contribution in [0.3, 0.4) is 0 Å². The number of likely N-dealkylation sites (N-methyl/N-ethyl adjacent to an activating group) is 1. The fourth-order valence-electron chi connectivity index (χ4n) is 5.87. The monoisotopic (exact) mass is 655 g/mol. The van der Waals surface area contributed by atoms with Gasteiger partial charge in [0.05, 0.1) is 36.2 Å². The van der Waals surface area contributed by atoms with Gasteiger partial charge in [-0.2, -0.15) is 13.2 Å². The molecule has 3 aromatic carbocycles. The molecule has 11 heteroatoms. The zero-order chi connectivity index (χ0) is 34.0. The first-order valence-corrected chi connectivity index (χ1v) is 15.3.